The fourth-order valence-electron chi connectivity index (χ4n) is 1.51. The summed E-state index contributed by atoms with van der Waals surface area (Å²) in [5.41, 5.74) is 9.93. The molecule has 94 valence electrons. The molecule has 0 bridgehead atoms. The second-order valence-corrected chi connectivity index (χ2v) is 3.79. The maximum atomic E-state index is 11.6. The lowest BCUT2D eigenvalue weighted by Gasteiger charge is -2.16. The van der Waals surface area contributed by atoms with Crippen LogP contribution in [0.1, 0.15) is 19.3 Å². The van der Waals surface area contributed by atoms with Crippen LogP contribution in [0, 0.1) is 0 Å². The number of nitrogens with two attached hydrogens (primary N) is 2. The Morgan fingerprint density at radius 2 is 2.06 bits per heavy atom. The number of nitrogens with one attached hydrogen (secondary N) is 2. The van der Waals surface area contributed by atoms with E-state index in [-0.39, 0.29) is 18.7 Å². The molecule has 0 aromatic carbocycles. The molecule has 1 rings (SSSR count). The minimum atomic E-state index is -1.14. The van der Waals surface area contributed by atoms with Crippen molar-refractivity contribution in [2.45, 2.75) is 31.3 Å². The van der Waals surface area contributed by atoms with Crippen LogP contribution in [0.4, 0.5) is 0 Å². The van der Waals surface area contributed by atoms with Crippen LogP contribution in [0.3, 0.4) is 0 Å². The number of amides is 4. The fourth-order valence-corrected chi connectivity index (χ4v) is 1.51. The zero-order valence-electron chi connectivity index (χ0n) is 9.06. The van der Waals surface area contributed by atoms with Crippen LogP contribution < -0.4 is 22.1 Å². The van der Waals surface area contributed by atoms with E-state index in [1.807, 2.05) is 0 Å². The van der Waals surface area contributed by atoms with Gasteiger partial charge in [0.15, 0.2) is 0 Å². The lowest BCUT2D eigenvalue weighted by molar-refractivity contribution is -0.131. The van der Waals surface area contributed by atoms with Gasteiger partial charge >= 0.3 is 0 Å². The summed E-state index contributed by atoms with van der Waals surface area (Å²) < 4.78 is 0. The molecule has 0 saturated carbocycles. The molecule has 17 heavy (non-hydrogen) atoms. The van der Waals surface area contributed by atoms with Crippen LogP contribution in [0.25, 0.3) is 0 Å². The molecule has 0 aromatic rings. The minimum Gasteiger partial charge on any atom is -0.370 e. The molecule has 0 aromatic heterocycles. The average Bonchev–Trinajstić information content (AvgIpc) is 2.63. The molecule has 1 fully saturated rings. The Labute approximate surface area is 97.1 Å². The first-order valence-electron chi connectivity index (χ1n) is 5.07. The van der Waals surface area contributed by atoms with Gasteiger partial charge in [0.2, 0.25) is 23.6 Å². The van der Waals surface area contributed by atoms with Gasteiger partial charge in [-0.05, 0) is 6.42 Å². The minimum absolute atomic E-state index is 0.226. The number of carbonyl (C=O) groups is 4. The first-order chi connectivity index (χ1) is 7.90. The molecule has 2 atom stereocenters. The lowest BCUT2D eigenvalue weighted by Crippen LogP contribution is -2.51. The first kappa shape index (κ1) is 12.9. The van der Waals surface area contributed by atoms with Gasteiger partial charge in [0, 0.05) is 6.42 Å². The Hall–Kier alpha value is -2.12. The van der Waals surface area contributed by atoms with Crippen molar-refractivity contribution < 1.29 is 19.2 Å². The van der Waals surface area contributed by atoms with Crippen molar-refractivity contribution in [3.05, 3.63) is 0 Å². The van der Waals surface area contributed by atoms with Crippen molar-refractivity contribution in [2.75, 3.05) is 0 Å². The second kappa shape index (κ2) is 5.28. The molecule has 1 saturated heterocycles. The third-order valence-electron chi connectivity index (χ3n) is 2.38. The van der Waals surface area contributed by atoms with E-state index in [2.05, 4.69) is 10.6 Å². The highest BCUT2D eigenvalue weighted by Crippen LogP contribution is 2.06. The number of rotatable bonds is 5. The smallest absolute Gasteiger partial charge is 0.243 e. The summed E-state index contributed by atoms with van der Waals surface area (Å²) >= 11 is 0. The first-order valence-corrected chi connectivity index (χ1v) is 5.07. The molecule has 1 heterocycles. The van der Waals surface area contributed by atoms with Crippen molar-refractivity contribution in [1.29, 1.82) is 0 Å². The lowest BCUT2D eigenvalue weighted by atomic mass is 10.1. The SMILES string of the molecule is NC(=O)C[C@@H](NC(=O)[C@H]1CCC(=O)N1)C(N)=O. The normalized spacial score (nSPS) is 20.5. The molecule has 0 aliphatic carbocycles. The van der Waals surface area contributed by atoms with E-state index < -0.39 is 29.8 Å². The molecular formula is C9H14N4O4. The molecular weight excluding hydrogens is 228 g/mol. The van der Waals surface area contributed by atoms with E-state index in [4.69, 9.17) is 11.5 Å². The highest BCUT2D eigenvalue weighted by Gasteiger charge is 2.30. The largest absolute Gasteiger partial charge is 0.370 e. The van der Waals surface area contributed by atoms with Crippen molar-refractivity contribution in [3.8, 4) is 0 Å². The number of hydrogen-bond acceptors (Lipinski definition) is 4. The van der Waals surface area contributed by atoms with Crippen LogP contribution in [-0.2, 0) is 19.2 Å². The van der Waals surface area contributed by atoms with Crippen molar-refractivity contribution in [3.63, 3.8) is 0 Å². The van der Waals surface area contributed by atoms with Gasteiger partial charge < -0.3 is 22.1 Å². The van der Waals surface area contributed by atoms with E-state index >= 15 is 0 Å². The van der Waals surface area contributed by atoms with Crippen molar-refractivity contribution in [2.24, 2.45) is 11.5 Å². The average molecular weight is 242 g/mol. The zero-order chi connectivity index (χ0) is 13.0. The van der Waals surface area contributed by atoms with Gasteiger partial charge in [0.1, 0.15) is 12.1 Å². The Morgan fingerprint density at radius 1 is 1.41 bits per heavy atom. The fraction of sp³-hybridized carbons (Fsp3) is 0.556. The standard InChI is InChI=1S/C9H14N4O4/c10-6(14)3-5(8(11)16)13-9(17)4-1-2-7(15)12-4/h4-5H,1-3H2,(H2,10,14)(H2,11,16)(H,12,15)(H,13,17)/t4-,5-/m1/s1. The molecule has 1 aliphatic rings. The molecule has 0 unspecified atom stereocenters. The summed E-state index contributed by atoms with van der Waals surface area (Å²) in [5, 5.41) is 4.71. The maximum Gasteiger partial charge on any atom is 0.243 e. The predicted octanol–water partition coefficient (Wildman–Crippen LogP) is -2.89. The van der Waals surface area contributed by atoms with Gasteiger partial charge in [-0.25, -0.2) is 0 Å². The Kier molecular flexibility index (Phi) is 4.02. The van der Waals surface area contributed by atoms with Gasteiger partial charge in [-0.3, -0.25) is 19.2 Å². The van der Waals surface area contributed by atoms with Crippen LogP contribution in [0.5, 0.6) is 0 Å². The third-order valence-corrected chi connectivity index (χ3v) is 2.38. The molecule has 0 spiro atoms. The number of carbonyl (C=O) groups excluding carboxylic acids is 4. The van der Waals surface area contributed by atoms with E-state index in [1.165, 1.54) is 0 Å². The Morgan fingerprint density at radius 3 is 2.47 bits per heavy atom. The summed E-state index contributed by atoms with van der Waals surface area (Å²) in [4.78, 5) is 44.1. The van der Waals surface area contributed by atoms with Gasteiger partial charge in [0.05, 0.1) is 6.42 Å². The zero-order valence-corrected chi connectivity index (χ0v) is 9.06. The summed E-state index contributed by atoms with van der Waals surface area (Å²) in [5.74, 6) is -2.36. The molecule has 4 amide bonds. The molecule has 1 aliphatic heterocycles. The van der Waals surface area contributed by atoms with E-state index in [0.717, 1.165) is 0 Å². The van der Waals surface area contributed by atoms with Crippen molar-refractivity contribution >= 4 is 23.6 Å². The van der Waals surface area contributed by atoms with Gasteiger partial charge in [-0.2, -0.15) is 0 Å². The predicted molar refractivity (Wildman–Crippen MR) is 56.1 cm³/mol. The third kappa shape index (κ3) is 3.74. The Balaban J connectivity index is 2.55. The quantitative estimate of drug-likeness (QED) is 0.410. The summed E-state index contributed by atoms with van der Waals surface area (Å²) in [6.07, 6.45) is 0.254. The second-order valence-electron chi connectivity index (χ2n) is 3.79. The van der Waals surface area contributed by atoms with Crippen LogP contribution in [-0.4, -0.2) is 35.7 Å². The van der Waals surface area contributed by atoms with E-state index in [9.17, 15) is 19.2 Å². The molecule has 8 heteroatoms. The maximum absolute atomic E-state index is 11.6. The van der Waals surface area contributed by atoms with E-state index in [0.29, 0.717) is 6.42 Å². The summed E-state index contributed by atoms with van der Waals surface area (Å²) in [7, 11) is 0. The van der Waals surface area contributed by atoms with Crippen LogP contribution >= 0.6 is 0 Å². The van der Waals surface area contributed by atoms with E-state index in [1.54, 1.807) is 0 Å². The topological polar surface area (TPSA) is 144 Å². The monoisotopic (exact) mass is 242 g/mol. The highest BCUT2D eigenvalue weighted by molar-refractivity contribution is 5.95. The summed E-state index contributed by atoms with van der Waals surface area (Å²) in [6.45, 7) is 0. The highest BCUT2D eigenvalue weighted by atomic mass is 16.2. The molecule has 8 nitrogen and oxygen atoms in total. The summed E-state index contributed by atoms with van der Waals surface area (Å²) in [6, 6.07) is -1.82. The van der Waals surface area contributed by atoms with Crippen molar-refractivity contribution in [1.82, 2.24) is 10.6 Å². The van der Waals surface area contributed by atoms with Gasteiger partial charge in [-0.1, -0.05) is 0 Å². The van der Waals surface area contributed by atoms with Gasteiger partial charge in [-0.15, -0.1) is 0 Å². The van der Waals surface area contributed by atoms with Gasteiger partial charge in [0.25, 0.3) is 0 Å². The number of hydrogen-bond donors (Lipinski definition) is 4. The molecule has 0 radical (unpaired) electrons. The number of primary amides is 2. The Bertz CT molecular complexity index is 368. The van der Waals surface area contributed by atoms with Crippen LogP contribution in [0.15, 0.2) is 0 Å². The molecule has 6 N–H and O–H groups in total. The van der Waals surface area contributed by atoms with Crippen LogP contribution in [0.2, 0.25) is 0 Å².